The molecular formula is C28H33F2N3O3. The first-order valence-electron chi connectivity index (χ1n) is 12.1. The van der Waals surface area contributed by atoms with Crippen LogP contribution in [0.3, 0.4) is 0 Å². The molecule has 1 saturated heterocycles. The van der Waals surface area contributed by atoms with Crippen molar-refractivity contribution in [1.29, 1.82) is 0 Å². The second-order valence-corrected chi connectivity index (χ2v) is 9.47. The van der Waals surface area contributed by atoms with Gasteiger partial charge < -0.3 is 14.7 Å². The summed E-state index contributed by atoms with van der Waals surface area (Å²) in [4.78, 5) is 28.3. The second kappa shape index (κ2) is 11.5. The Labute approximate surface area is 210 Å². The highest BCUT2D eigenvalue weighted by atomic mass is 19.1. The van der Waals surface area contributed by atoms with Gasteiger partial charge in [0.05, 0.1) is 17.3 Å². The average molecular weight is 498 g/mol. The lowest BCUT2D eigenvalue weighted by Crippen LogP contribution is -2.48. The normalized spacial score (nSPS) is 18.0. The minimum Gasteiger partial charge on any atom is -0.360 e. The maximum Gasteiger partial charge on any atom is 0.243 e. The fourth-order valence-electron chi connectivity index (χ4n) is 4.60. The molecule has 1 aromatic heterocycles. The van der Waals surface area contributed by atoms with Crippen LogP contribution in [0.2, 0.25) is 0 Å². The summed E-state index contributed by atoms with van der Waals surface area (Å²) in [5.41, 5.74) is 1.51. The summed E-state index contributed by atoms with van der Waals surface area (Å²) >= 11 is 0. The molecule has 1 aromatic carbocycles. The molecule has 1 fully saturated rings. The van der Waals surface area contributed by atoms with E-state index in [1.165, 1.54) is 0 Å². The van der Waals surface area contributed by atoms with Crippen LogP contribution in [0.25, 0.3) is 5.57 Å². The number of rotatable bonds is 9. The first-order valence-corrected chi connectivity index (χ1v) is 12.1. The van der Waals surface area contributed by atoms with Crippen LogP contribution in [0, 0.1) is 12.8 Å². The third-order valence-corrected chi connectivity index (χ3v) is 6.47. The molecule has 3 unspecified atom stereocenters. The van der Waals surface area contributed by atoms with Gasteiger partial charge in [0.2, 0.25) is 11.8 Å². The molecule has 0 radical (unpaired) electrons. The third-order valence-electron chi connectivity index (χ3n) is 6.47. The van der Waals surface area contributed by atoms with Crippen molar-refractivity contribution in [2.45, 2.75) is 58.5 Å². The number of hydrogen-bond acceptors (Lipinski definition) is 4. The van der Waals surface area contributed by atoms with Crippen molar-refractivity contribution in [3.8, 4) is 0 Å². The highest BCUT2D eigenvalue weighted by molar-refractivity contribution is 5.91. The van der Waals surface area contributed by atoms with Gasteiger partial charge in [0.15, 0.2) is 0 Å². The van der Waals surface area contributed by atoms with Gasteiger partial charge in [0, 0.05) is 12.6 Å². The molecule has 36 heavy (non-hydrogen) atoms. The van der Waals surface area contributed by atoms with Crippen molar-refractivity contribution in [2.75, 3.05) is 6.54 Å². The first-order chi connectivity index (χ1) is 17.0. The molecule has 0 aliphatic carbocycles. The number of likely N-dealkylation sites (tertiary alicyclic amines) is 1. The van der Waals surface area contributed by atoms with Crippen molar-refractivity contribution in [3.05, 3.63) is 83.8 Å². The number of allylic oxidation sites excluding steroid dienone is 4. The Morgan fingerprint density at radius 2 is 1.89 bits per heavy atom. The van der Waals surface area contributed by atoms with Crippen molar-refractivity contribution < 1.29 is 22.9 Å². The van der Waals surface area contributed by atoms with Crippen LogP contribution in [0.5, 0.6) is 0 Å². The van der Waals surface area contributed by atoms with E-state index in [1.54, 1.807) is 42.2 Å². The predicted octanol–water partition coefficient (Wildman–Crippen LogP) is 5.94. The first kappa shape index (κ1) is 27.0. The molecule has 0 bridgehead atoms. The summed E-state index contributed by atoms with van der Waals surface area (Å²) in [7, 11) is 0. The van der Waals surface area contributed by atoms with Gasteiger partial charge in [-0.25, -0.2) is 8.78 Å². The van der Waals surface area contributed by atoms with Gasteiger partial charge in [-0.15, -0.1) is 0 Å². The summed E-state index contributed by atoms with van der Waals surface area (Å²) < 4.78 is 33.2. The van der Waals surface area contributed by atoms with Gasteiger partial charge in [-0.3, -0.25) is 9.59 Å². The molecule has 0 spiro atoms. The number of carbonyl (C=O) groups excluding carboxylic acids is 2. The summed E-state index contributed by atoms with van der Waals surface area (Å²) in [6.07, 6.45) is 2.22. The van der Waals surface area contributed by atoms with E-state index in [1.807, 2.05) is 20.8 Å². The molecule has 1 aliphatic rings. The lowest BCUT2D eigenvalue weighted by Gasteiger charge is -2.29. The summed E-state index contributed by atoms with van der Waals surface area (Å²) in [5, 5.41) is 6.90. The maximum absolute atomic E-state index is 14.0. The van der Waals surface area contributed by atoms with Gasteiger partial charge in [-0.05, 0) is 49.8 Å². The van der Waals surface area contributed by atoms with E-state index in [-0.39, 0.29) is 29.3 Å². The monoisotopic (exact) mass is 497 g/mol. The van der Waals surface area contributed by atoms with Crippen LogP contribution in [0.4, 0.5) is 8.78 Å². The average Bonchev–Trinajstić information content (AvgIpc) is 3.48. The molecule has 3 atom stereocenters. The minimum absolute atomic E-state index is 0.0307. The van der Waals surface area contributed by atoms with E-state index in [9.17, 15) is 18.4 Å². The number of halogens is 2. The van der Waals surface area contributed by atoms with Crippen molar-refractivity contribution in [2.24, 2.45) is 5.92 Å². The molecule has 192 valence electrons. The second-order valence-electron chi connectivity index (χ2n) is 9.47. The molecular weight excluding hydrogens is 464 g/mol. The van der Waals surface area contributed by atoms with E-state index in [0.717, 1.165) is 18.1 Å². The van der Waals surface area contributed by atoms with Crippen molar-refractivity contribution in [3.63, 3.8) is 0 Å². The minimum atomic E-state index is -0.896. The quantitative estimate of drug-likeness (QED) is 0.435. The smallest absolute Gasteiger partial charge is 0.243 e. The lowest BCUT2D eigenvalue weighted by atomic mass is 9.91. The summed E-state index contributed by atoms with van der Waals surface area (Å²) in [5.74, 6) is -2.14. The number of amides is 2. The van der Waals surface area contributed by atoms with Gasteiger partial charge >= 0.3 is 0 Å². The Morgan fingerprint density at radius 3 is 2.42 bits per heavy atom. The Morgan fingerprint density at radius 1 is 1.22 bits per heavy atom. The van der Waals surface area contributed by atoms with Crippen molar-refractivity contribution >= 4 is 17.4 Å². The molecule has 2 heterocycles. The third kappa shape index (κ3) is 5.80. The fraction of sp³-hybridized carbons (Fsp3) is 0.393. The molecule has 3 rings (SSSR count). The summed E-state index contributed by atoms with van der Waals surface area (Å²) in [6.45, 7) is 14.5. The number of hydrogen-bond donors (Lipinski definition) is 1. The van der Waals surface area contributed by atoms with Gasteiger partial charge in [-0.2, -0.15) is 0 Å². The Kier molecular flexibility index (Phi) is 8.61. The van der Waals surface area contributed by atoms with Crippen LogP contribution in [-0.2, 0) is 9.59 Å². The van der Waals surface area contributed by atoms with Crippen LogP contribution in [-0.4, -0.2) is 34.5 Å². The number of carbonyl (C=O) groups is 2. The van der Waals surface area contributed by atoms with Crippen LogP contribution in [0.15, 0.2) is 65.7 Å². The molecule has 1 aliphatic heterocycles. The maximum atomic E-state index is 14.0. The number of aryl methyl sites for hydroxylation is 1. The van der Waals surface area contributed by atoms with E-state index in [4.69, 9.17) is 4.52 Å². The van der Waals surface area contributed by atoms with Crippen LogP contribution >= 0.6 is 0 Å². The van der Waals surface area contributed by atoms with Gasteiger partial charge in [-0.1, -0.05) is 56.4 Å². The number of nitrogens with one attached hydrogen (secondary N) is 1. The number of benzene rings is 1. The fourth-order valence-corrected chi connectivity index (χ4v) is 4.60. The van der Waals surface area contributed by atoms with Gasteiger partial charge in [0.1, 0.15) is 29.4 Å². The zero-order valence-electron chi connectivity index (χ0n) is 21.2. The van der Waals surface area contributed by atoms with Crippen molar-refractivity contribution in [1.82, 2.24) is 15.4 Å². The zero-order valence-corrected chi connectivity index (χ0v) is 21.2. The number of nitrogens with zero attached hydrogens (tertiary/aromatic N) is 2. The SMILES string of the molecule is C=C/C(F)=C(\C(=C)F)c1ccc(C(C)NC(=O)C2CCCN2C(=O)C(c2cc(C)no2)C(C)C)cc1. The molecule has 0 saturated carbocycles. The molecule has 8 heteroatoms. The van der Waals surface area contributed by atoms with E-state index in [0.29, 0.717) is 30.0 Å². The van der Waals surface area contributed by atoms with E-state index < -0.39 is 23.6 Å². The molecule has 2 aromatic rings. The highest BCUT2D eigenvalue weighted by Gasteiger charge is 2.40. The number of aromatic nitrogens is 1. The molecule has 6 nitrogen and oxygen atoms in total. The standard InChI is InChI=1S/C28H33F2N3O3/c1-7-22(30)26(18(5)29)21-12-10-20(11-13-21)19(6)31-27(34)23-9-8-14-33(23)28(35)25(16(2)3)24-15-17(4)32-36-24/h7,10-13,15-16,19,23,25H,1,5,8-9,14H2,2-4,6H3,(H,31,34)/b26-22-. The van der Waals surface area contributed by atoms with E-state index in [2.05, 4.69) is 23.6 Å². The Balaban J connectivity index is 1.73. The lowest BCUT2D eigenvalue weighted by molar-refractivity contribution is -0.141. The van der Waals surface area contributed by atoms with Crippen LogP contribution < -0.4 is 5.32 Å². The topological polar surface area (TPSA) is 75.4 Å². The molecule has 1 N–H and O–H groups in total. The molecule has 2 amide bonds. The largest absolute Gasteiger partial charge is 0.360 e. The highest BCUT2D eigenvalue weighted by Crippen LogP contribution is 2.32. The van der Waals surface area contributed by atoms with Crippen LogP contribution in [0.1, 0.15) is 68.2 Å². The Bertz CT molecular complexity index is 1170. The summed E-state index contributed by atoms with van der Waals surface area (Å²) in [6, 6.07) is 7.32. The van der Waals surface area contributed by atoms with Gasteiger partial charge in [0.25, 0.3) is 0 Å². The van der Waals surface area contributed by atoms with E-state index >= 15 is 0 Å². The predicted molar refractivity (Wildman–Crippen MR) is 135 cm³/mol. The Hall–Kier alpha value is -3.55. The zero-order chi connectivity index (χ0) is 26.6.